The second-order valence-corrected chi connectivity index (χ2v) is 2.71. The van der Waals surface area contributed by atoms with E-state index in [2.05, 4.69) is 10.8 Å². The van der Waals surface area contributed by atoms with Crippen LogP contribution in [-0.4, -0.2) is 26.2 Å². The number of hydrogen-bond acceptors (Lipinski definition) is 3. The summed E-state index contributed by atoms with van der Waals surface area (Å²) < 4.78 is 0. The Labute approximate surface area is 48.4 Å². The lowest BCUT2D eigenvalue weighted by Crippen LogP contribution is -2.56. The Hall–Kier alpha value is -0.120. The number of rotatable bonds is 0. The third kappa shape index (κ3) is 0.491. The third-order valence-electron chi connectivity index (χ3n) is 1.93. The van der Waals surface area contributed by atoms with Crippen molar-refractivity contribution in [1.82, 2.24) is 10.8 Å². The molecule has 2 rings (SSSR count). The minimum atomic E-state index is 0.472. The average Bonchev–Trinajstić information content (AvgIpc) is 2.07. The minimum absolute atomic E-state index is 0.472. The summed E-state index contributed by atoms with van der Waals surface area (Å²) in [6.45, 7) is 4.17. The summed E-state index contributed by atoms with van der Waals surface area (Å²) in [4.78, 5) is 5.01. The van der Waals surface area contributed by atoms with Gasteiger partial charge in [0.2, 0.25) is 0 Å². The van der Waals surface area contributed by atoms with Crippen LogP contribution in [0.2, 0.25) is 0 Å². The van der Waals surface area contributed by atoms with Crippen LogP contribution >= 0.6 is 0 Å². The van der Waals surface area contributed by atoms with Crippen molar-refractivity contribution in [2.24, 2.45) is 5.41 Å². The summed E-state index contributed by atoms with van der Waals surface area (Å²) in [6, 6.07) is 0. The largest absolute Gasteiger partial charge is 0.315 e. The van der Waals surface area contributed by atoms with Crippen molar-refractivity contribution in [2.45, 2.75) is 0 Å². The Morgan fingerprint density at radius 2 is 2.12 bits per heavy atom. The third-order valence-corrected chi connectivity index (χ3v) is 1.93. The van der Waals surface area contributed by atoms with Gasteiger partial charge in [-0.3, -0.25) is 0 Å². The summed E-state index contributed by atoms with van der Waals surface area (Å²) in [7, 11) is 0. The average molecular weight is 114 g/mol. The Morgan fingerprint density at radius 1 is 1.25 bits per heavy atom. The minimum Gasteiger partial charge on any atom is -0.315 e. The summed E-state index contributed by atoms with van der Waals surface area (Å²) in [5.74, 6) is 0. The van der Waals surface area contributed by atoms with Gasteiger partial charge in [0, 0.05) is 25.0 Å². The van der Waals surface area contributed by atoms with Gasteiger partial charge in [-0.2, -0.15) is 0 Å². The standard InChI is InChI=1S/C5H10N2O/c1-5(2-6-1)3-7-8-4-5/h6-7H,1-4H2. The van der Waals surface area contributed by atoms with Crippen LogP contribution in [0.4, 0.5) is 0 Å². The summed E-state index contributed by atoms with van der Waals surface area (Å²) in [5.41, 5.74) is 3.35. The second-order valence-electron chi connectivity index (χ2n) is 2.71. The highest BCUT2D eigenvalue weighted by Gasteiger charge is 2.40. The van der Waals surface area contributed by atoms with E-state index in [4.69, 9.17) is 4.84 Å². The molecule has 2 N–H and O–H groups in total. The van der Waals surface area contributed by atoms with Crippen LogP contribution in [0.3, 0.4) is 0 Å². The molecule has 2 saturated heterocycles. The molecule has 8 heavy (non-hydrogen) atoms. The van der Waals surface area contributed by atoms with Crippen LogP contribution in [0.5, 0.6) is 0 Å². The number of nitrogens with one attached hydrogen (secondary N) is 2. The summed E-state index contributed by atoms with van der Waals surface area (Å²) >= 11 is 0. The van der Waals surface area contributed by atoms with Crippen LogP contribution in [-0.2, 0) is 4.84 Å². The molecule has 1 spiro atoms. The molecule has 0 aromatic rings. The fraction of sp³-hybridized carbons (Fsp3) is 1.00. The van der Waals surface area contributed by atoms with Crippen molar-refractivity contribution < 1.29 is 4.84 Å². The van der Waals surface area contributed by atoms with Crippen LogP contribution in [0.25, 0.3) is 0 Å². The van der Waals surface area contributed by atoms with Gasteiger partial charge < -0.3 is 10.2 Å². The molecule has 3 nitrogen and oxygen atoms in total. The van der Waals surface area contributed by atoms with Crippen LogP contribution in [0.1, 0.15) is 0 Å². The van der Waals surface area contributed by atoms with Gasteiger partial charge >= 0.3 is 0 Å². The zero-order valence-electron chi connectivity index (χ0n) is 4.74. The van der Waals surface area contributed by atoms with Gasteiger partial charge in [0.15, 0.2) is 0 Å². The molecule has 0 radical (unpaired) electrons. The molecule has 0 amide bonds. The van der Waals surface area contributed by atoms with E-state index < -0.39 is 0 Å². The van der Waals surface area contributed by atoms with E-state index in [1.165, 1.54) is 0 Å². The van der Waals surface area contributed by atoms with Crippen molar-refractivity contribution in [3.63, 3.8) is 0 Å². The molecular formula is C5H10N2O. The molecule has 0 unspecified atom stereocenters. The van der Waals surface area contributed by atoms with Gasteiger partial charge in [-0.1, -0.05) is 0 Å². The Balaban J connectivity index is 2.01. The summed E-state index contributed by atoms with van der Waals surface area (Å²) in [6.07, 6.45) is 0. The molecule has 2 heterocycles. The fourth-order valence-electron chi connectivity index (χ4n) is 1.16. The molecule has 2 aliphatic rings. The van der Waals surface area contributed by atoms with Crippen molar-refractivity contribution in [3.05, 3.63) is 0 Å². The molecule has 0 saturated carbocycles. The van der Waals surface area contributed by atoms with Gasteiger partial charge in [0.25, 0.3) is 0 Å². The first-order chi connectivity index (χ1) is 3.91. The maximum absolute atomic E-state index is 5.01. The van der Waals surface area contributed by atoms with Crippen molar-refractivity contribution >= 4 is 0 Å². The van der Waals surface area contributed by atoms with Crippen LogP contribution in [0.15, 0.2) is 0 Å². The zero-order valence-corrected chi connectivity index (χ0v) is 4.74. The van der Waals surface area contributed by atoms with E-state index in [9.17, 15) is 0 Å². The molecule has 0 bridgehead atoms. The molecule has 46 valence electrons. The van der Waals surface area contributed by atoms with Crippen molar-refractivity contribution in [3.8, 4) is 0 Å². The van der Waals surface area contributed by atoms with Crippen molar-refractivity contribution in [1.29, 1.82) is 0 Å². The van der Waals surface area contributed by atoms with E-state index in [-0.39, 0.29) is 0 Å². The second kappa shape index (κ2) is 1.43. The van der Waals surface area contributed by atoms with Gasteiger partial charge in [0.05, 0.1) is 6.61 Å². The Bertz CT molecular complexity index is 92.6. The highest BCUT2D eigenvalue weighted by Crippen LogP contribution is 2.24. The van der Waals surface area contributed by atoms with E-state index in [0.717, 1.165) is 26.2 Å². The van der Waals surface area contributed by atoms with E-state index in [0.29, 0.717) is 5.41 Å². The monoisotopic (exact) mass is 114 g/mol. The smallest absolute Gasteiger partial charge is 0.0775 e. The first-order valence-electron chi connectivity index (χ1n) is 2.97. The Kier molecular flexibility index (Phi) is 0.848. The van der Waals surface area contributed by atoms with Gasteiger partial charge in [-0.05, 0) is 0 Å². The SMILES string of the molecule is C1NCC12CNOC2. The predicted molar refractivity (Wildman–Crippen MR) is 29.3 cm³/mol. The molecule has 0 aromatic carbocycles. The molecule has 2 fully saturated rings. The van der Waals surface area contributed by atoms with E-state index >= 15 is 0 Å². The lowest BCUT2D eigenvalue weighted by Gasteiger charge is -2.36. The Morgan fingerprint density at radius 3 is 2.38 bits per heavy atom. The van der Waals surface area contributed by atoms with E-state index in [1.807, 2.05) is 0 Å². The fourth-order valence-corrected chi connectivity index (χ4v) is 1.16. The quantitative estimate of drug-likeness (QED) is 0.428. The molecule has 0 aromatic heterocycles. The molecule has 0 aliphatic carbocycles. The van der Waals surface area contributed by atoms with Crippen LogP contribution < -0.4 is 10.8 Å². The van der Waals surface area contributed by atoms with E-state index in [1.54, 1.807) is 0 Å². The van der Waals surface area contributed by atoms with Crippen LogP contribution in [0, 0.1) is 5.41 Å². The highest BCUT2D eigenvalue weighted by atomic mass is 16.7. The lowest BCUT2D eigenvalue weighted by molar-refractivity contribution is 0.0705. The maximum atomic E-state index is 5.01. The normalized spacial score (nSPS) is 33.0. The molecule has 0 atom stereocenters. The molecular weight excluding hydrogens is 104 g/mol. The first kappa shape index (κ1) is 4.73. The first-order valence-corrected chi connectivity index (χ1v) is 2.97. The number of hydroxylamine groups is 1. The number of hydrogen-bond donors (Lipinski definition) is 2. The molecule has 2 aliphatic heterocycles. The predicted octanol–water partition coefficient (Wildman–Crippen LogP) is -0.889. The summed E-state index contributed by atoms with van der Waals surface area (Å²) in [5, 5.41) is 3.22. The van der Waals surface area contributed by atoms with Crippen molar-refractivity contribution in [2.75, 3.05) is 26.2 Å². The van der Waals surface area contributed by atoms with Gasteiger partial charge in [-0.15, -0.1) is 0 Å². The highest BCUT2D eigenvalue weighted by molar-refractivity contribution is 4.95. The zero-order chi connectivity index (χ0) is 5.45. The lowest BCUT2D eigenvalue weighted by atomic mass is 9.84. The molecule has 3 heteroatoms. The van der Waals surface area contributed by atoms with Gasteiger partial charge in [-0.25, -0.2) is 5.48 Å². The topological polar surface area (TPSA) is 33.3 Å². The van der Waals surface area contributed by atoms with Gasteiger partial charge in [0.1, 0.15) is 0 Å². The maximum Gasteiger partial charge on any atom is 0.0775 e.